The van der Waals surface area contributed by atoms with Gasteiger partial charge in [-0.1, -0.05) is 30.9 Å². The van der Waals surface area contributed by atoms with E-state index in [0.717, 1.165) is 25.7 Å². The third-order valence-corrected chi connectivity index (χ3v) is 5.14. The van der Waals surface area contributed by atoms with Crippen molar-refractivity contribution in [2.45, 2.75) is 43.0 Å². The average molecular weight is 304 g/mol. The van der Waals surface area contributed by atoms with Crippen LogP contribution < -0.4 is 9.46 Å². The zero-order valence-corrected chi connectivity index (χ0v) is 12.4. The lowest BCUT2D eigenvalue weighted by Crippen LogP contribution is -2.36. The van der Waals surface area contributed by atoms with Crippen LogP contribution in [0.3, 0.4) is 0 Å². The zero-order chi connectivity index (χ0) is 13.9. The van der Waals surface area contributed by atoms with Crippen LogP contribution in [0.5, 0.6) is 5.75 Å². The molecule has 6 heteroatoms. The normalized spacial score (nSPS) is 17.4. The van der Waals surface area contributed by atoms with Gasteiger partial charge in [-0.3, -0.25) is 0 Å². The fourth-order valence-electron chi connectivity index (χ4n) is 2.37. The maximum Gasteiger partial charge on any atom is 0.244 e. The zero-order valence-electron chi connectivity index (χ0n) is 10.9. The number of nitrogens with one attached hydrogen (secondary N) is 1. The molecule has 2 rings (SSSR count). The van der Waals surface area contributed by atoms with Gasteiger partial charge in [-0.25, -0.2) is 13.1 Å². The first-order chi connectivity index (χ1) is 9.03. The highest BCUT2D eigenvalue weighted by Gasteiger charge is 2.24. The van der Waals surface area contributed by atoms with Gasteiger partial charge in [-0.15, -0.1) is 0 Å². The van der Waals surface area contributed by atoms with Crippen molar-refractivity contribution in [3.63, 3.8) is 0 Å². The number of rotatable bonds is 4. The molecule has 1 aromatic rings. The molecule has 0 saturated heterocycles. The van der Waals surface area contributed by atoms with Gasteiger partial charge in [0.25, 0.3) is 0 Å². The van der Waals surface area contributed by atoms with Crippen molar-refractivity contribution >= 4 is 21.6 Å². The van der Waals surface area contributed by atoms with Crippen molar-refractivity contribution in [3.05, 3.63) is 23.2 Å². The Morgan fingerprint density at radius 2 is 1.95 bits per heavy atom. The van der Waals surface area contributed by atoms with Gasteiger partial charge >= 0.3 is 0 Å². The second kappa shape index (κ2) is 6.11. The number of sulfonamides is 1. The van der Waals surface area contributed by atoms with Crippen LogP contribution in [0.25, 0.3) is 0 Å². The van der Waals surface area contributed by atoms with E-state index < -0.39 is 10.0 Å². The van der Waals surface area contributed by atoms with Crippen molar-refractivity contribution in [2.75, 3.05) is 7.11 Å². The smallest absolute Gasteiger partial charge is 0.244 e. The first-order valence-corrected chi connectivity index (χ1v) is 8.25. The Morgan fingerprint density at radius 3 is 2.58 bits per heavy atom. The lowest BCUT2D eigenvalue weighted by atomic mass is 9.96. The summed E-state index contributed by atoms with van der Waals surface area (Å²) in [5.41, 5.74) is 0. The van der Waals surface area contributed by atoms with Crippen molar-refractivity contribution in [1.29, 1.82) is 0 Å². The minimum absolute atomic E-state index is 0.0270. The molecule has 1 fully saturated rings. The molecule has 0 unspecified atom stereocenters. The maximum absolute atomic E-state index is 12.4. The van der Waals surface area contributed by atoms with Crippen LogP contribution in [0.1, 0.15) is 32.1 Å². The molecule has 0 heterocycles. The molecule has 1 N–H and O–H groups in total. The highest BCUT2D eigenvalue weighted by Crippen LogP contribution is 2.28. The molecule has 4 nitrogen and oxygen atoms in total. The predicted molar refractivity (Wildman–Crippen MR) is 75.2 cm³/mol. The summed E-state index contributed by atoms with van der Waals surface area (Å²) in [5.74, 6) is 0.274. The monoisotopic (exact) mass is 303 g/mol. The van der Waals surface area contributed by atoms with Gasteiger partial charge in [-0.05, 0) is 25.0 Å². The number of hydrogen-bond donors (Lipinski definition) is 1. The Hall–Kier alpha value is -0.780. The molecule has 1 aliphatic carbocycles. The van der Waals surface area contributed by atoms with E-state index in [-0.39, 0.29) is 16.7 Å². The quantitative estimate of drug-likeness (QED) is 0.930. The SMILES string of the molecule is COc1cc(Cl)ccc1S(=O)(=O)NC1CCCCC1. The van der Waals surface area contributed by atoms with Gasteiger partial charge in [0.2, 0.25) is 10.0 Å². The van der Waals surface area contributed by atoms with E-state index in [1.54, 1.807) is 6.07 Å². The van der Waals surface area contributed by atoms with E-state index >= 15 is 0 Å². The Labute approximate surface area is 119 Å². The minimum atomic E-state index is -3.55. The molecule has 1 aromatic carbocycles. The lowest BCUT2D eigenvalue weighted by Gasteiger charge is -2.23. The van der Waals surface area contributed by atoms with Crippen molar-refractivity contribution in [1.82, 2.24) is 4.72 Å². The molecular weight excluding hydrogens is 286 g/mol. The molecule has 0 bridgehead atoms. The van der Waals surface area contributed by atoms with Gasteiger partial charge < -0.3 is 4.74 Å². The molecule has 0 aromatic heterocycles. The van der Waals surface area contributed by atoms with E-state index in [9.17, 15) is 8.42 Å². The molecule has 1 aliphatic rings. The van der Waals surface area contributed by atoms with E-state index in [1.165, 1.54) is 25.7 Å². The van der Waals surface area contributed by atoms with Crippen LogP contribution in [0.4, 0.5) is 0 Å². The topological polar surface area (TPSA) is 55.4 Å². The van der Waals surface area contributed by atoms with Crippen LogP contribution in [0, 0.1) is 0 Å². The largest absolute Gasteiger partial charge is 0.495 e. The molecule has 0 radical (unpaired) electrons. The number of halogens is 1. The van der Waals surface area contributed by atoms with Crippen molar-refractivity contribution in [2.24, 2.45) is 0 Å². The average Bonchev–Trinajstić information content (AvgIpc) is 2.38. The standard InChI is InChI=1S/C13H18ClNO3S/c1-18-12-9-10(14)7-8-13(12)19(16,17)15-11-5-3-2-4-6-11/h7-9,11,15H,2-6H2,1H3. The number of ether oxygens (including phenoxy) is 1. The third-order valence-electron chi connectivity index (χ3n) is 3.34. The lowest BCUT2D eigenvalue weighted by molar-refractivity contribution is 0.397. The van der Waals surface area contributed by atoms with Crippen LogP contribution in [0.15, 0.2) is 23.1 Å². The first kappa shape index (κ1) is 14.6. The van der Waals surface area contributed by atoms with E-state index in [2.05, 4.69) is 4.72 Å². The van der Waals surface area contributed by atoms with Gasteiger partial charge in [0.15, 0.2) is 0 Å². The Kier molecular flexibility index (Phi) is 4.71. The summed E-state index contributed by atoms with van der Waals surface area (Å²) in [7, 11) is -2.12. The van der Waals surface area contributed by atoms with Crippen LogP contribution in [0.2, 0.25) is 5.02 Å². The Bertz CT molecular complexity index is 539. The van der Waals surface area contributed by atoms with Gasteiger partial charge in [0, 0.05) is 17.1 Å². The number of methoxy groups -OCH3 is 1. The minimum Gasteiger partial charge on any atom is -0.495 e. The predicted octanol–water partition coefficient (Wildman–Crippen LogP) is 2.96. The Balaban J connectivity index is 2.23. The van der Waals surface area contributed by atoms with Crippen LogP contribution >= 0.6 is 11.6 Å². The molecule has 0 atom stereocenters. The second-order valence-electron chi connectivity index (χ2n) is 4.75. The summed E-state index contributed by atoms with van der Waals surface area (Å²) < 4.78 is 32.6. The maximum atomic E-state index is 12.4. The summed E-state index contributed by atoms with van der Waals surface area (Å²) in [5, 5.41) is 0.452. The highest BCUT2D eigenvalue weighted by atomic mass is 35.5. The summed E-state index contributed by atoms with van der Waals surface area (Å²) >= 11 is 5.84. The second-order valence-corrected chi connectivity index (χ2v) is 6.87. The highest BCUT2D eigenvalue weighted by molar-refractivity contribution is 7.89. The summed E-state index contributed by atoms with van der Waals surface area (Å²) in [6.45, 7) is 0. The molecular formula is C13H18ClNO3S. The molecule has 106 valence electrons. The summed E-state index contributed by atoms with van der Waals surface area (Å²) in [6, 6.07) is 4.57. The van der Waals surface area contributed by atoms with Gasteiger partial charge in [0.1, 0.15) is 10.6 Å². The fourth-order valence-corrected chi connectivity index (χ4v) is 3.98. The fraction of sp³-hybridized carbons (Fsp3) is 0.538. The first-order valence-electron chi connectivity index (χ1n) is 6.39. The molecule has 1 saturated carbocycles. The van der Waals surface area contributed by atoms with Crippen LogP contribution in [-0.2, 0) is 10.0 Å². The van der Waals surface area contributed by atoms with E-state index in [4.69, 9.17) is 16.3 Å². The molecule has 0 amide bonds. The Morgan fingerprint density at radius 1 is 1.26 bits per heavy atom. The number of benzene rings is 1. The number of hydrogen-bond acceptors (Lipinski definition) is 3. The van der Waals surface area contributed by atoms with Gasteiger partial charge in [-0.2, -0.15) is 0 Å². The molecule has 0 aliphatic heterocycles. The van der Waals surface area contributed by atoms with Gasteiger partial charge in [0.05, 0.1) is 7.11 Å². The van der Waals surface area contributed by atoms with Crippen molar-refractivity contribution < 1.29 is 13.2 Å². The van der Waals surface area contributed by atoms with Crippen molar-refractivity contribution in [3.8, 4) is 5.75 Å². The van der Waals surface area contributed by atoms with Crippen LogP contribution in [-0.4, -0.2) is 21.6 Å². The van der Waals surface area contributed by atoms with E-state index in [0.29, 0.717) is 5.02 Å². The van der Waals surface area contributed by atoms with E-state index in [1.807, 2.05) is 0 Å². The molecule has 0 spiro atoms. The third kappa shape index (κ3) is 3.61. The summed E-state index contributed by atoms with van der Waals surface area (Å²) in [4.78, 5) is 0.143. The molecule has 19 heavy (non-hydrogen) atoms. The summed E-state index contributed by atoms with van der Waals surface area (Å²) in [6.07, 6.45) is 5.13.